The summed E-state index contributed by atoms with van der Waals surface area (Å²) in [5.41, 5.74) is 1.50. The number of benzene rings is 3. The van der Waals surface area contributed by atoms with Gasteiger partial charge >= 0.3 is 0 Å². The summed E-state index contributed by atoms with van der Waals surface area (Å²) in [5, 5.41) is 0.797. The topological polar surface area (TPSA) is 72.2 Å². The maximum atomic E-state index is 12.8. The van der Waals surface area contributed by atoms with Crippen LogP contribution in [0, 0.1) is 0 Å². The van der Waals surface area contributed by atoms with Crippen LogP contribution in [0.15, 0.2) is 88.2 Å². The van der Waals surface area contributed by atoms with Crippen molar-refractivity contribution >= 4 is 39.0 Å². The molecule has 0 amide bonds. The van der Waals surface area contributed by atoms with Gasteiger partial charge in [0.15, 0.2) is 11.6 Å². The molecule has 0 atom stereocenters. The summed E-state index contributed by atoms with van der Waals surface area (Å²) < 4.78 is 34.2. The van der Waals surface area contributed by atoms with E-state index in [1.54, 1.807) is 36.4 Å². The molecule has 3 aromatic carbocycles. The number of nitrogens with zero attached hydrogens (tertiary/aromatic N) is 1. The minimum Gasteiger partial charge on any atom is -0.438 e. The maximum Gasteiger partial charge on any atom is 0.263 e. The van der Waals surface area contributed by atoms with E-state index in [1.165, 1.54) is 12.1 Å². The highest BCUT2D eigenvalue weighted by atomic mass is 35.5. The molecule has 0 unspecified atom stereocenters. The summed E-state index contributed by atoms with van der Waals surface area (Å²) in [6.07, 6.45) is 0.398. The van der Waals surface area contributed by atoms with E-state index in [-0.39, 0.29) is 16.5 Å². The first-order valence-corrected chi connectivity index (χ1v) is 11.2. The average Bonchev–Trinajstić information content (AvgIpc) is 3.10. The van der Waals surface area contributed by atoms with E-state index in [0.717, 1.165) is 5.56 Å². The van der Waals surface area contributed by atoms with Crippen molar-refractivity contribution in [2.75, 3.05) is 4.72 Å². The summed E-state index contributed by atoms with van der Waals surface area (Å²) in [6.45, 7) is 0. The van der Waals surface area contributed by atoms with Gasteiger partial charge in [-0.3, -0.25) is 4.72 Å². The van der Waals surface area contributed by atoms with Crippen LogP contribution in [0.4, 0.5) is 5.82 Å². The summed E-state index contributed by atoms with van der Waals surface area (Å²) in [4.78, 5) is 4.53. The van der Waals surface area contributed by atoms with Gasteiger partial charge in [0.05, 0.1) is 4.90 Å². The van der Waals surface area contributed by atoms with Crippen LogP contribution in [0.5, 0.6) is 0 Å². The van der Waals surface area contributed by atoms with Gasteiger partial charge in [-0.05, 0) is 35.9 Å². The van der Waals surface area contributed by atoms with Crippen LogP contribution in [-0.4, -0.2) is 13.4 Å². The number of halogens is 2. The number of sulfonamides is 1. The van der Waals surface area contributed by atoms with Crippen molar-refractivity contribution in [3.8, 4) is 11.3 Å². The molecule has 0 saturated heterocycles. The van der Waals surface area contributed by atoms with Gasteiger partial charge in [-0.25, -0.2) is 8.42 Å². The summed E-state index contributed by atoms with van der Waals surface area (Å²) in [5.74, 6) is 0.672. The fourth-order valence-electron chi connectivity index (χ4n) is 2.95. The molecule has 0 bridgehead atoms. The number of oxazole rings is 1. The average molecular weight is 459 g/mol. The van der Waals surface area contributed by atoms with Crippen molar-refractivity contribution in [3.63, 3.8) is 0 Å². The number of rotatable bonds is 6. The molecule has 1 N–H and O–H groups in total. The zero-order valence-corrected chi connectivity index (χ0v) is 17.9. The summed E-state index contributed by atoms with van der Waals surface area (Å²) >= 11 is 12.3. The number of hydrogen-bond donors (Lipinski definition) is 1. The Hall–Kier alpha value is -2.80. The van der Waals surface area contributed by atoms with Crippen molar-refractivity contribution in [2.24, 2.45) is 0 Å². The molecule has 0 fully saturated rings. The molecule has 0 radical (unpaired) electrons. The highest BCUT2D eigenvalue weighted by Gasteiger charge is 2.22. The highest BCUT2D eigenvalue weighted by molar-refractivity contribution is 7.92. The van der Waals surface area contributed by atoms with Gasteiger partial charge in [-0.2, -0.15) is 4.98 Å². The van der Waals surface area contributed by atoms with Crippen molar-refractivity contribution in [2.45, 2.75) is 11.3 Å². The Morgan fingerprint density at radius 2 is 1.47 bits per heavy atom. The molecule has 0 aliphatic rings. The van der Waals surface area contributed by atoms with Gasteiger partial charge in [0.25, 0.3) is 10.0 Å². The molecule has 152 valence electrons. The first kappa shape index (κ1) is 20.5. The number of nitrogens with one attached hydrogen (secondary N) is 1. The minimum atomic E-state index is -3.86. The van der Waals surface area contributed by atoms with Gasteiger partial charge in [-0.1, -0.05) is 71.7 Å². The van der Waals surface area contributed by atoms with E-state index in [0.29, 0.717) is 27.9 Å². The molecule has 0 saturated carbocycles. The van der Waals surface area contributed by atoms with Crippen molar-refractivity contribution in [1.82, 2.24) is 4.98 Å². The standard InChI is InChI=1S/C22H16Cl2N2O3S/c23-17-12-16(13-18(24)14-17)21-22(26-30(27,28)19-9-5-2-6-10-19)25-20(29-21)11-15-7-3-1-4-8-15/h1-10,12-14,26H,11H2. The van der Waals surface area contributed by atoms with Crippen LogP contribution in [0.2, 0.25) is 10.0 Å². The molecule has 0 aliphatic heterocycles. The number of hydrogen-bond acceptors (Lipinski definition) is 4. The van der Waals surface area contributed by atoms with Crippen LogP contribution in [0.25, 0.3) is 11.3 Å². The van der Waals surface area contributed by atoms with Gasteiger partial charge in [0, 0.05) is 22.0 Å². The maximum absolute atomic E-state index is 12.8. The molecule has 1 aromatic heterocycles. The summed E-state index contributed by atoms with van der Waals surface area (Å²) in [7, 11) is -3.86. The predicted octanol–water partition coefficient (Wildman–Crippen LogP) is 6.04. The van der Waals surface area contributed by atoms with Crippen molar-refractivity contribution in [1.29, 1.82) is 0 Å². The highest BCUT2D eigenvalue weighted by Crippen LogP contribution is 2.34. The third-order valence-electron chi connectivity index (χ3n) is 4.28. The molecule has 8 heteroatoms. The molecule has 4 aromatic rings. The Morgan fingerprint density at radius 1 is 0.867 bits per heavy atom. The second-order valence-corrected chi connectivity index (χ2v) is 9.08. The molecule has 0 aliphatic carbocycles. The second-order valence-electron chi connectivity index (χ2n) is 6.52. The van der Waals surface area contributed by atoms with Gasteiger partial charge in [0.1, 0.15) is 0 Å². The van der Waals surface area contributed by atoms with E-state index < -0.39 is 10.0 Å². The van der Waals surface area contributed by atoms with E-state index in [9.17, 15) is 8.42 Å². The van der Waals surface area contributed by atoms with Crippen LogP contribution >= 0.6 is 23.2 Å². The monoisotopic (exact) mass is 458 g/mol. The van der Waals surface area contributed by atoms with Gasteiger partial charge < -0.3 is 4.42 Å². The first-order chi connectivity index (χ1) is 14.4. The fourth-order valence-corrected chi connectivity index (χ4v) is 4.50. The van der Waals surface area contributed by atoms with E-state index in [4.69, 9.17) is 27.6 Å². The molecule has 5 nitrogen and oxygen atoms in total. The lowest BCUT2D eigenvalue weighted by Crippen LogP contribution is -2.13. The van der Waals surface area contributed by atoms with E-state index in [1.807, 2.05) is 30.3 Å². The van der Waals surface area contributed by atoms with Crippen molar-refractivity contribution < 1.29 is 12.8 Å². The third kappa shape index (κ3) is 4.67. The largest absolute Gasteiger partial charge is 0.438 e. The SMILES string of the molecule is O=S(=O)(Nc1nc(Cc2ccccc2)oc1-c1cc(Cl)cc(Cl)c1)c1ccccc1. The van der Waals surface area contributed by atoms with Gasteiger partial charge in [-0.15, -0.1) is 0 Å². The Morgan fingerprint density at radius 3 is 2.10 bits per heavy atom. The molecule has 30 heavy (non-hydrogen) atoms. The Balaban J connectivity index is 1.77. The quantitative estimate of drug-likeness (QED) is 0.382. The zero-order chi connectivity index (χ0) is 21.1. The van der Waals surface area contributed by atoms with Crippen molar-refractivity contribution in [3.05, 3.63) is 100 Å². The smallest absolute Gasteiger partial charge is 0.263 e. The molecular weight excluding hydrogens is 443 g/mol. The number of aromatic nitrogens is 1. The van der Waals surface area contributed by atoms with Crippen LogP contribution < -0.4 is 4.72 Å². The first-order valence-electron chi connectivity index (χ1n) is 8.99. The van der Waals surface area contributed by atoms with Crippen LogP contribution in [0.3, 0.4) is 0 Å². The molecule has 1 heterocycles. The number of anilines is 1. The normalized spacial score (nSPS) is 11.4. The molecule has 0 spiro atoms. The Kier molecular flexibility index (Phi) is 5.81. The zero-order valence-electron chi connectivity index (χ0n) is 15.5. The predicted molar refractivity (Wildman–Crippen MR) is 118 cm³/mol. The fraction of sp³-hybridized carbons (Fsp3) is 0.0455. The van der Waals surface area contributed by atoms with Crippen LogP contribution in [0.1, 0.15) is 11.5 Å². The van der Waals surface area contributed by atoms with Crippen LogP contribution in [-0.2, 0) is 16.4 Å². The molecular formula is C22H16Cl2N2O3S. The Labute approximate surface area is 184 Å². The molecule has 4 rings (SSSR count). The minimum absolute atomic E-state index is 0.0723. The Bertz CT molecular complexity index is 1250. The second kappa shape index (κ2) is 8.52. The van der Waals surface area contributed by atoms with Gasteiger partial charge in [0.2, 0.25) is 5.89 Å². The lowest BCUT2D eigenvalue weighted by molar-refractivity contribution is 0.519. The lowest BCUT2D eigenvalue weighted by atomic mass is 10.1. The lowest BCUT2D eigenvalue weighted by Gasteiger charge is -2.07. The summed E-state index contributed by atoms with van der Waals surface area (Å²) in [6, 6.07) is 22.5. The van der Waals surface area contributed by atoms with E-state index >= 15 is 0 Å². The third-order valence-corrected chi connectivity index (χ3v) is 6.07. The van der Waals surface area contributed by atoms with E-state index in [2.05, 4.69) is 9.71 Å².